The normalized spacial score (nSPS) is 14.0. The Morgan fingerprint density at radius 2 is 0.755 bits per heavy atom. The third kappa shape index (κ3) is 18.3. The van der Waals surface area contributed by atoms with Gasteiger partial charge in [0, 0.05) is 87.8 Å². The molecule has 106 heavy (non-hydrogen) atoms. The highest BCUT2D eigenvalue weighted by atomic mass is 35.5. The molecule has 0 aliphatic carbocycles. The summed E-state index contributed by atoms with van der Waals surface area (Å²) >= 11 is 19.0. The Balaban J connectivity index is 0.000000174. The van der Waals surface area contributed by atoms with Crippen molar-refractivity contribution in [3.8, 4) is 51.4 Å². The molecule has 5 atom stereocenters. The molecule has 0 unspecified atom stereocenters. The molecule has 0 spiro atoms. The number of rotatable bonds is 22. The van der Waals surface area contributed by atoms with Crippen molar-refractivity contribution in [2.45, 2.75) is 118 Å². The van der Waals surface area contributed by atoms with Gasteiger partial charge in [0.25, 0.3) is 11.8 Å². The van der Waals surface area contributed by atoms with Gasteiger partial charge in [-0.2, -0.15) is 15.3 Å². The fourth-order valence-electron chi connectivity index (χ4n) is 11.5. The average molecular weight is 1520 g/mol. The van der Waals surface area contributed by atoms with Crippen LogP contribution in [0, 0.1) is 38.2 Å². The van der Waals surface area contributed by atoms with E-state index in [2.05, 4.69) is 61.2 Å². The number of hydrogen-bond donors (Lipinski definition) is 3. The molecule has 6 aromatic carbocycles. The van der Waals surface area contributed by atoms with E-state index in [9.17, 15) is 45.1 Å². The van der Waals surface area contributed by atoms with Crippen molar-refractivity contribution in [2.24, 2.45) is 21.1 Å². The van der Waals surface area contributed by atoms with E-state index in [0.29, 0.717) is 57.0 Å². The lowest BCUT2D eigenvalue weighted by Crippen LogP contribution is -2.33. The second kappa shape index (κ2) is 33.9. The van der Waals surface area contributed by atoms with Gasteiger partial charge in [-0.3, -0.25) is 14.4 Å². The average Bonchev–Trinajstić information content (AvgIpc) is 1.65. The molecule has 6 aromatic heterocycles. The summed E-state index contributed by atoms with van der Waals surface area (Å²) in [6.07, 6.45) is -3.27. The number of aromatic nitrogens is 12. The molecule has 12 aromatic rings. The number of aryl methyl sites for hydroxylation is 6. The van der Waals surface area contributed by atoms with Gasteiger partial charge in [-0.1, -0.05) is 71.2 Å². The topological polar surface area (TPSA) is 246 Å². The summed E-state index contributed by atoms with van der Waals surface area (Å²) in [6.45, 7) is 11.0. The molecule has 0 aliphatic heterocycles. The van der Waals surface area contributed by atoms with Crippen LogP contribution in [0.5, 0.6) is 17.2 Å². The number of halogens is 10. The van der Waals surface area contributed by atoms with Crippen LogP contribution >= 0.6 is 34.8 Å². The van der Waals surface area contributed by atoms with Gasteiger partial charge in [0.1, 0.15) is 90.1 Å². The largest absolute Gasteiger partial charge is 0.487 e. The highest BCUT2D eigenvalue weighted by molar-refractivity contribution is 6.32. The lowest BCUT2D eigenvalue weighted by atomic mass is 10.0. The molecule has 12 rings (SSSR count). The molecule has 0 saturated carbocycles. The predicted octanol–water partition coefficient (Wildman–Crippen LogP) is 16.0. The lowest BCUT2D eigenvalue weighted by molar-refractivity contribution is -0.126. The number of para-hydroxylation sites is 3. The van der Waals surface area contributed by atoms with E-state index in [-0.39, 0.29) is 68.3 Å². The molecule has 0 fully saturated rings. The van der Waals surface area contributed by atoms with Gasteiger partial charge < -0.3 is 30.2 Å². The van der Waals surface area contributed by atoms with E-state index in [0.717, 1.165) is 94.5 Å². The fraction of sp³-hybridized carbons (Fsp3) is 0.280. The molecule has 6 heterocycles. The Bertz CT molecular complexity index is 5220. The summed E-state index contributed by atoms with van der Waals surface area (Å²) in [5.41, 5.74) is 7.16. The van der Waals surface area contributed by atoms with Gasteiger partial charge in [-0.05, 0) is 145 Å². The van der Waals surface area contributed by atoms with E-state index >= 15 is 0 Å². The van der Waals surface area contributed by atoms with Crippen LogP contribution in [0.1, 0.15) is 114 Å². The second-order valence-corrected chi connectivity index (χ2v) is 25.6. The first kappa shape index (κ1) is 73.5. The van der Waals surface area contributed by atoms with Crippen LogP contribution in [0.3, 0.4) is 0 Å². The summed E-state index contributed by atoms with van der Waals surface area (Å²) in [7, 11) is 5.37. The minimum absolute atomic E-state index is 0.00942. The third-order valence-corrected chi connectivity index (χ3v) is 17.5. The van der Waals surface area contributed by atoms with E-state index < -0.39 is 78.4 Å². The Hall–Kier alpha value is -10.8. The van der Waals surface area contributed by atoms with Crippen LogP contribution in [0.25, 0.3) is 66.9 Å². The molecule has 552 valence electrons. The minimum atomic E-state index is -2.89. The molecule has 3 N–H and O–H groups in total. The van der Waals surface area contributed by atoms with Crippen LogP contribution in [0.4, 0.5) is 30.7 Å². The Labute approximate surface area is 623 Å². The molecular weight excluding hydrogens is 1450 g/mol. The monoisotopic (exact) mass is 1520 g/mol. The molecule has 0 saturated heterocycles. The molecule has 0 aliphatic rings. The van der Waals surface area contributed by atoms with Gasteiger partial charge in [-0.25, -0.2) is 74.7 Å². The molecule has 0 radical (unpaired) electrons. The van der Waals surface area contributed by atoms with Crippen molar-refractivity contribution in [1.29, 1.82) is 0 Å². The number of amides is 3. The number of nitrogens with zero attached hydrogens (tertiary/aromatic N) is 12. The number of benzene rings is 6. The van der Waals surface area contributed by atoms with E-state index in [1.807, 2.05) is 57.2 Å². The maximum atomic E-state index is 14.2. The fourth-order valence-corrected chi connectivity index (χ4v) is 12.2. The van der Waals surface area contributed by atoms with Crippen molar-refractivity contribution in [3.05, 3.63) is 211 Å². The van der Waals surface area contributed by atoms with Crippen LogP contribution in [0.15, 0.2) is 128 Å². The first-order valence-corrected chi connectivity index (χ1v) is 33.6. The summed E-state index contributed by atoms with van der Waals surface area (Å²) in [6, 6.07) is 22.7. The number of fused-ring (bicyclic) bond motifs is 3. The van der Waals surface area contributed by atoms with Gasteiger partial charge in [0.05, 0.1) is 43.7 Å². The predicted molar refractivity (Wildman–Crippen MR) is 388 cm³/mol. The maximum Gasteiger partial charge on any atom is 0.254 e. The number of carbonyl (C=O) groups is 3. The van der Waals surface area contributed by atoms with Crippen molar-refractivity contribution in [3.63, 3.8) is 0 Å². The zero-order valence-corrected chi connectivity index (χ0v) is 61.0. The molecule has 0 bridgehead atoms. The van der Waals surface area contributed by atoms with Crippen molar-refractivity contribution in [1.82, 2.24) is 75.2 Å². The summed E-state index contributed by atoms with van der Waals surface area (Å²) in [4.78, 5) is 62.8. The van der Waals surface area contributed by atoms with E-state index in [1.165, 1.54) is 39.8 Å². The number of nitrogens with one attached hydrogen (secondary N) is 3. The number of pyridine rings is 3. The third-order valence-electron chi connectivity index (χ3n) is 16.5. The second-order valence-electron chi connectivity index (χ2n) is 24.3. The minimum Gasteiger partial charge on any atom is -0.487 e. The summed E-state index contributed by atoms with van der Waals surface area (Å²) in [5.74, 6) is -1.97. The standard InChI is InChI=1S/C25H23ClF3N5O2.2C25H24ClF2N5O2/c1-13-7-18(25-30-12-31-34(25)3)16-5-4-6-21(24(16)32-13)36-11-19-17(8-15(27)9-20(19)26)14(2)33-23(35)10-22(28)29;2*1-13-8-19(24-29-12-30-33(24)4)17-6-5-7-22(23(17)31-13)35-11-20-18(9-16(28)10-21(20)26)15(3)32-25(34)14(2)27/h4-9,12,14,22H,10-11H2,1-3H3,(H,33,35);2*5-10,12,14-15H,11H2,1-4H3,(H,32,34)/t14-;14-,15+;14-,15-/m010/s1/i14D;2*15D. The molecular formula is C75H71Cl3F7N15O6. The zero-order chi connectivity index (χ0) is 79.3. The van der Waals surface area contributed by atoms with Crippen molar-refractivity contribution in [2.75, 3.05) is 0 Å². The first-order chi connectivity index (χ1) is 51.4. The zero-order valence-electron chi connectivity index (χ0n) is 61.8. The molecule has 3 amide bonds. The van der Waals surface area contributed by atoms with E-state index in [4.69, 9.17) is 53.1 Å². The smallest absolute Gasteiger partial charge is 0.254 e. The van der Waals surface area contributed by atoms with Gasteiger partial charge in [-0.15, -0.1) is 0 Å². The van der Waals surface area contributed by atoms with Gasteiger partial charge >= 0.3 is 0 Å². The first-order valence-electron chi connectivity index (χ1n) is 34.0. The maximum absolute atomic E-state index is 14.2. The number of hydrogen-bond acceptors (Lipinski definition) is 15. The number of ether oxygens (including phenoxy) is 3. The summed E-state index contributed by atoms with van der Waals surface area (Å²) in [5, 5.41) is 21.5. The van der Waals surface area contributed by atoms with Crippen LogP contribution in [-0.4, -0.2) is 95.7 Å². The SMILES string of the molecule is [2H][C@@](C)(NC(=O)CC(F)F)c1cc(F)cc(Cl)c1COc1cccc2c(-c3ncnn3C)cc(C)nc12.[2H][C@@](C)(NC(=O)[C@@H](C)F)c1cc(F)cc(Cl)c1COc1cccc2c(-c3ncnn3C)cc(C)nc12.[2H][C@@](C)(NC(=O)[C@H](C)F)c1cc(F)cc(Cl)c1COc1cccc2c(-c3ncnn3C)cc(C)nc12. The van der Waals surface area contributed by atoms with E-state index in [1.54, 1.807) is 71.6 Å². The van der Waals surface area contributed by atoms with Crippen molar-refractivity contribution >= 4 is 85.2 Å². The number of carbonyl (C=O) groups excluding carboxylic acids is 3. The van der Waals surface area contributed by atoms with Crippen LogP contribution in [0.2, 0.25) is 15.1 Å². The molecule has 21 nitrogen and oxygen atoms in total. The van der Waals surface area contributed by atoms with Crippen LogP contribution < -0.4 is 30.2 Å². The highest BCUT2D eigenvalue weighted by Gasteiger charge is 2.26. The van der Waals surface area contributed by atoms with Gasteiger partial charge in [0.15, 0.2) is 29.8 Å². The highest BCUT2D eigenvalue weighted by Crippen LogP contribution is 2.39. The van der Waals surface area contributed by atoms with Crippen LogP contribution in [-0.2, 0) is 55.3 Å². The Kier molecular flexibility index (Phi) is 23.5. The Morgan fingerprint density at radius 1 is 0.462 bits per heavy atom. The quantitative estimate of drug-likeness (QED) is 0.0534. The van der Waals surface area contributed by atoms with Crippen molar-refractivity contribution < 1.29 is 63.4 Å². The lowest BCUT2D eigenvalue weighted by Gasteiger charge is -2.20. The number of alkyl halides is 4. The summed E-state index contributed by atoms with van der Waals surface area (Å²) < 4.78 is 144. The molecule has 31 heteroatoms. The van der Waals surface area contributed by atoms with Gasteiger partial charge in [0.2, 0.25) is 12.3 Å². The Morgan fingerprint density at radius 3 is 1.02 bits per heavy atom.